The summed E-state index contributed by atoms with van der Waals surface area (Å²) in [6.07, 6.45) is 2.92. The lowest BCUT2D eigenvalue weighted by molar-refractivity contribution is -0.149. The van der Waals surface area contributed by atoms with E-state index in [1.54, 1.807) is 0 Å². The van der Waals surface area contributed by atoms with Gasteiger partial charge in [-0.1, -0.05) is 19.4 Å². The van der Waals surface area contributed by atoms with E-state index < -0.39 is 23.8 Å². The van der Waals surface area contributed by atoms with E-state index in [9.17, 15) is 14.4 Å². The summed E-state index contributed by atoms with van der Waals surface area (Å²) >= 11 is 0. The first-order valence-corrected chi connectivity index (χ1v) is 6.28. The Morgan fingerprint density at radius 2 is 1.68 bits per heavy atom. The second kappa shape index (κ2) is 7.56. The molecule has 0 amide bonds. The van der Waals surface area contributed by atoms with Crippen LogP contribution in [-0.4, -0.2) is 36.2 Å². The standard InChI is InChI=1S/C13H18O6/c1-9-12(16)18-7-4-2-3-5-10(11(14)15)6-8-19-13(9)17/h10H,1-8H2,(H,14,15). The Morgan fingerprint density at radius 3 is 2.32 bits per heavy atom. The van der Waals surface area contributed by atoms with Crippen molar-refractivity contribution in [3.05, 3.63) is 12.2 Å². The molecule has 1 unspecified atom stereocenters. The number of hydrogen-bond acceptors (Lipinski definition) is 5. The molecule has 19 heavy (non-hydrogen) atoms. The summed E-state index contributed by atoms with van der Waals surface area (Å²) < 4.78 is 9.67. The topological polar surface area (TPSA) is 89.9 Å². The van der Waals surface area contributed by atoms with Gasteiger partial charge in [-0.25, -0.2) is 9.59 Å². The maximum atomic E-state index is 11.4. The Balaban J connectivity index is 2.62. The largest absolute Gasteiger partial charge is 0.481 e. The Bertz CT molecular complexity index is 373. The molecule has 0 radical (unpaired) electrons. The van der Waals surface area contributed by atoms with E-state index in [-0.39, 0.29) is 25.2 Å². The molecule has 0 saturated carbocycles. The summed E-state index contributed by atoms with van der Waals surface area (Å²) in [7, 11) is 0. The fourth-order valence-corrected chi connectivity index (χ4v) is 1.78. The number of cyclic esters (lactones) is 2. The predicted octanol–water partition coefficient (Wildman–Crippen LogP) is 1.29. The van der Waals surface area contributed by atoms with Crippen molar-refractivity contribution in [3.8, 4) is 0 Å². The molecule has 0 aliphatic carbocycles. The van der Waals surface area contributed by atoms with Crippen molar-refractivity contribution in [2.45, 2.75) is 32.1 Å². The normalized spacial score (nSPS) is 23.4. The van der Waals surface area contributed by atoms with Gasteiger partial charge in [-0.2, -0.15) is 0 Å². The van der Waals surface area contributed by atoms with Crippen LogP contribution in [-0.2, 0) is 23.9 Å². The van der Waals surface area contributed by atoms with Crippen LogP contribution in [0.5, 0.6) is 0 Å². The molecule has 106 valence electrons. The zero-order valence-electron chi connectivity index (χ0n) is 10.7. The lowest BCUT2D eigenvalue weighted by atomic mass is 9.98. The highest BCUT2D eigenvalue weighted by Gasteiger charge is 2.22. The minimum absolute atomic E-state index is 0.0396. The summed E-state index contributed by atoms with van der Waals surface area (Å²) in [4.78, 5) is 33.8. The summed E-state index contributed by atoms with van der Waals surface area (Å²) in [5, 5.41) is 9.02. The van der Waals surface area contributed by atoms with Crippen molar-refractivity contribution in [2.24, 2.45) is 5.92 Å². The molecule has 6 nitrogen and oxygen atoms in total. The van der Waals surface area contributed by atoms with Crippen molar-refractivity contribution in [1.29, 1.82) is 0 Å². The number of hydrogen-bond donors (Lipinski definition) is 1. The summed E-state index contributed by atoms with van der Waals surface area (Å²) in [6.45, 7) is 3.47. The number of ether oxygens (including phenoxy) is 2. The van der Waals surface area contributed by atoms with Gasteiger partial charge in [0, 0.05) is 0 Å². The van der Waals surface area contributed by atoms with Crippen LogP contribution in [0.2, 0.25) is 0 Å². The average molecular weight is 270 g/mol. The zero-order chi connectivity index (χ0) is 14.3. The van der Waals surface area contributed by atoms with Crippen molar-refractivity contribution in [1.82, 2.24) is 0 Å². The van der Waals surface area contributed by atoms with Crippen LogP contribution in [0.25, 0.3) is 0 Å². The maximum Gasteiger partial charge on any atom is 0.344 e. The minimum atomic E-state index is -0.892. The quantitative estimate of drug-likeness (QED) is 0.438. The minimum Gasteiger partial charge on any atom is -0.481 e. The Kier molecular flexibility index (Phi) is 6.05. The third-order valence-corrected chi connectivity index (χ3v) is 2.97. The lowest BCUT2D eigenvalue weighted by Crippen LogP contribution is -2.20. The van der Waals surface area contributed by atoms with Crippen molar-refractivity contribution in [2.75, 3.05) is 13.2 Å². The van der Waals surface area contributed by atoms with Crippen LogP contribution in [0, 0.1) is 5.92 Å². The van der Waals surface area contributed by atoms with Crippen molar-refractivity contribution in [3.63, 3.8) is 0 Å². The van der Waals surface area contributed by atoms with E-state index in [1.165, 1.54) is 0 Å². The highest BCUT2D eigenvalue weighted by molar-refractivity contribution is 6.13. The van der Waals surface area contributed by atoms with Gasteiger partial charge >= 0.3 is 17.9 Å². The monoisotopic (exact) mass is 270 g/mol. The molecule has 0 aromatic heterocycles. The molecule has 0 bridgehead atoms. The Hall–Kier alpha value is -1.85. The summed E-state index contributed by atoms with van der Waals surface area (Å²) in [5.41, 5.74) is -0.355. The highest BCUT2D eigenvalue weighted by atomic mass is 16.6. The first-order valence-electron chi connectivity index (χ1n) is 6.28. The SMILES string of the molecule is C=C1C(=O)OCCCCCC(C(=O)O)CCOC1=O. The van der Waals surface area contributed by atoms with Crippen LogP contribution in [0.3, 0.4) is 0 Å². The van der Waals surface area contributed by atoms with E-state index in [4.69, 9.17) is 14.6 Å². The van der Waals surface area contributed by atoms with Gasteiger partial charge in [0.1, 0.15) is 5.57 Å². The fourth-order valence-electron chi connectivity index (χ4n) is 1.78. The van der Waals surface area contributed by atoms with Gasteiger partial charge in [-0.3, -0.25) is 4.79 Å². The molecule has 0 aromatic rings. The Morgan fingerprint density at radius 1 is 1.05 bits per heavy atom. The van der Waals surface area contributed by atoms with Gasteiger partial charge in [0.15, 0.2) is 0 Å². The predicted molar refractivity (Wildman–Crippen MR) is 65.3 cm³/mol. The first kappa shape index (κ1) is 15.2. The van der Waals surface area contributed by atoms with Crippen molar-refractivity contribution < 1.29 is 29.0 Å². The Labute approximate surface area is 111 Å². The number of carboxylic acids is 1. The summed E-state index contributed by atoms with van der Waals surface area (Å²) in [5.74, 6) is -3.05. The number of carbonyl (C=O) groups is 3. The van der Waals surface area contributed by atoms with Gasteiger partial charge in [0.05, 0.1) is 19.1 Å². The highest BCUT2D eigenvalue weighted by Crippen LogP contribution is 2.15. The van der Waals surface area contributed by atoms with Gasteiger partial charge in [0.2, 0.25) is 0 Å². The maximum absolute atomic E-state index is 11.4. The molecular weight excluding hydrogens is 252 g/mol. The van der Waals surface area contributed by atoms with Crippen LogP contribution >= 0.6 is 0 Å². The second-order valence-corrected chi connectivity index (χ2v) is 4.42. The number of carbonyl (C=O) groups excluding carboxylic acids is 2. The van der Waals surface area contributed by atoms with E-state index >= 15 is 0 Å². The van der Waals surface area contributed by atoms with E-state index in [0.29, 0.717) is 12.8 Å². The van der Waals surface area contributed by atoms with Crippen LogP contribution in [0.4, 0.5) is 0 Å². The molecule has 1 aliphatic rings. The van der Waals surface area contributed by atoms with Crippen LogP contribution in [0.1, 0.15) is 32.1 Å². The molecule has 6 heteroatoms. The van der Waals surface area contributed by atoms with Crippen molar-refractivity contribution >= 4 is 17.9 Å². The molecule has 1 fully saturated rings. The third-order valence-electron chi connectivity index (χ3n) is 2.97. The number of carboxylic acid groups (broad SMARTS) is 1. The molecule has 0 spiro atoms. The van der Waals surface area contributed by atoms with E-state index in [2.05, 4.69) is 6.58 Å². The van der Waals surface area contributed by atoms with Gasteiger partial charge in [-0.05, 0) is 19.3 Å². The molecule has 1 atom stereocenters. The van der Waals surface area contributed by atoms with E-state index in [1.807, 2.05) is 0 Å². The molecule has 1 rings (SSSR count). The van der Waals surface area contributed by atoms with E-state index in [0.717, 1.165) is 12.8 Å². The molecule has 1 aliphatic heterocycles. The van der Waals surface area contributed by atoms with Gasteiger partial charge in [0.25, 0.3) is 0 Å². The zero-order valence-corrected chi connectivity index (χ0v) is 10.7. The van der Waals surface area contributed by atoms with Gasteiger partial charge < -0.3 is 14.6 Å². The molecule has 1 heterocycles. The number of esters is 2. The smallest absolute Gasteiger partial charge is 0.344 e. The molecule has 1 N–H and O–H groups in total. The average Bonchev–Trinajstić information content (AvgIpc) is 2.38. The first-order chi connectivity index (χ1) is 9.02. The fraction of sp³-hybridized carbons (Fsp3) is 0.615. The van der Waals surface area contributed by atoms with Crippen LogP contribution in [0.15, 0.2) is 12.2 Å². The molecule has 0 aromatic carbocycles. The number of aliphatic carboxylic acids is 1. The summed E-state index contributed by atoms with van der Waals surface area (Å²) in [6, 6.07) is 0. The lowest BCUT2D eigenvalue weighted by Gasteiger charge is -2.11. The second-order valence-electron chi connectivity index (χ2n) is 4.42. The van der Waals surface area contributed by atoms with Gasteiger partial charge in [-0.15, -0.1) is 0 Å². The number of rotatable bonds is 1. The molecular formula is C13H18O6. The molecule has 1 saturated heterocycles. The third kappa shape index (κ3) is 5.11. The van der Waals surface area contributed by atoms with Crippen LogP contribution < -0.4 is 0 Å².